The van der Waals surface area contributed by atoms with E-state index in [2.05, 4.69) is 5.32 Å². The summed E-state index contributed by atoms with van der Waals surface area (Å²) in [6, 6.07) is 15.4. The van der Waals surface area contributed by atoms with Crippen molar-refractivity contribution >= 4 is 35.6 Å². The molecule has 90 heavy (non-hydrogen) atoms. The molecule has 12 rings (SSSR count). The lowest BCUT2D eigenvalue weighted by atomic mass is 9.94. The second-order valence-corrected chi connectivity index (χ2v) is 21.8. The van der Waals surface area contributed by atoms with E-state index in [4.69, 9.17) is 28.1 Å². The number of esters is 3. The summed E-state index contributed by atoms with van der Waals surface area (Å²) in [6.07, 6.45) is 2.88. The van der Waals surface area contributed by atoms with Crippen molar-refractivity contribution in [1.29, 1.82) is 0 Å². The number of aromatic hydroxyl groups is 1. The number of benzene rings is 3. The number of carbonyl (C=O) groups excluding carboxylic acids is 6. The predicted octanol–water partition coefficient (Wildman–Crippen LogP) is 7.58. The Morgan fingerprint density at radius 1 is 0.611 bits per heavy atom. The number of amides is 3. The lowest BCUT2D eigenvalue weighted by Crippen LogP contribution is -2.58. The second kappa shape index (κ2) is 25.4. The molecule has 2 saturated heterocycles. The Balaban J connectivity index is 0.000000150. The molecule has 474 valence electrons. The summed E-state index contributed by atoms with van der Waals surface area (Å²) in [7, 11) is 0. The first-order valence-corrected chi connectivity index (χ1v) is 28.5. The molecule has 2 aliphatic carbocycles. The summed E-state index contributed by atoms with van der Waals surface area (Å²) in [5.74, 6) is -17.8. The molecular weight excluding hydrogens is 1200 g/mol. The van der Waals surface area contributed by atoms with Crippen molar-refractivity contribution in [2.24, 2.45) is 11.8 Å². The Hall–Kier alpha value is -9.76. The summed E-state index contributed by atoms with van der Waals surface area (Å²) < 4.78 is 131. The fourth-order valence-electron chi connectivity index (χ4n) is 12.3. The maximum Gasteiger partial charge on any atom is 0.378 e. The first kappa shape index (κ1) is 63.3. The van der Waals surface area contributed by atoms with Crippen molar-refractivity contribution in [2.45, 2.75) is 115 Å². The molecule has 4 bridgehead atoms. The summed E-state index contributed by atoms with van der Waals surface area (Å²) in [5.41, 5.74) is -3.70. The third kappa shape index (κ3) is 12.0. The van der Waals surface area contributed by atoms with E-state index in [1.54, 1.807) is 57.2 Å². The molecule has 2 saturated carbocycles. The van der Waals surface area contributed by atoms with Crippen molar-refractivity contribution in [3.05, 3.63) is 190 Å². The largest absolute Gasteiger partial charge is 0.503 e. The van der Waals surface area contributed by atoms with Crippen LogP contribution in [0.3, 0.4) is 0 Å². The summed E-state index contributed by atoms with van der Waals surface area (Å²) >= 11 is 0. The number of ether oxygens (including phenoxy) is 5. The second-order valence-electron chi connectivity index (χ2n) is 21.8. The molecule has 7 heterocycles. The Morgan fingerprint density at radius 2 is 1.07 bits per heavy atom. The average Bonchev–Trinajstić information content (AvgIpc) is 1.52. The molecule has 3 aromatic carbocycles. The van der Waals surface area contributed by atoms with Gasteiger partial charge in [0.15, 0.2) is 22.9 Å². The van der Waals surface area contributed by atoms with Crippen LogP contribution >= 0.6 is 0 Å². The van der Waals surface area contributed by atoms with Crippen LogP contribution in [-0.2, 0) is 47.1 Å². The monoisotopic (exact) mass is 1260 g/mol. The van der Waals surface area contributed by atoms with Gasteiger partial charge in [0.2, 0.25) is 22.0 Å². The number of aromatic nitrogens is 2. The minimum Gasteiger partial charge on any atom is -0.503 e. The van der Waals surface area contributed by atoms with Crippen LogP contribution < -0.4 is 31.1 Å². The molecule has 28 heteroatoms. The molecule has 3 amide bonds. The van der Waals surface area contributed by atoms with Gasteiger partial charge in [0.25, 0.3) is 35.3 Å². The van der Waals surface area contributed by atoms with Gasteiger partial charge in [0.1, 0.15) is 53.6 Å². The van der Waals surface area contributed by atoms with Gasteiger partial charge in [-0.3, -0.25) is 28.8 Å². The van der Waals surface area contributed by atoms with Gasteiger partial charge in [-0.25, -0.2) is 45.1 Å². The molecule has 3 aromatic heterocycles. The Labute approximate surface area is 505 Å². The maximum absolute atomic E-state index is 14.4. The molecule has 4 fully saturated rings. The average molecular weight is 1260 g/mol. The van der Waals surface area contributed by atoms with Crippen molar-refractivity contribution in [3.63, 3.8) is 0 Å². The number of carbonyl (C=O) groups is 6. The minimum absolute atomic E-state index is 0.00629. The number of rotatable bonds is 15. The lowest BCUT2D eigenvalue weighted by molar-refractivity contribution is -0.0871. The van der Waals surface area contributed by atoms with Crippen LogP contribution in [0.15, 0.2) is 110 Å². The molecule has 0 radical (unpaired) electrons. The Bertz CT molecular complexity index is 4010. The van der Waals surface area contributed by atoms with E-state index in [1.165, 1.54) is 20.2 Å². The van der Waals surface area contributed by atoms with Gasteiger partial charge in [-0.15, -0.1) is 0 Å². The first-order valence-electron chi connectivity index (χ1n) is 28.5. The highest BCUT2D eigenvalue weighted by Gasteiger charge is 2.65. The molecular formula is C62H56F7N5O16. The number of halogens is 7. The Kier molecular flexibility index (Phi) is 17.8. The molecule has 6 aliphatic rings. The summed E-state index contributed by atoms with van der Waals surface area (Å²) in [6.45, 7) is 4.61. The molecule has 6 atom stereocenters. The number of alkyl halides is 4. The quantitative estimate of drug-likeness (QED) is 0.0570. The number of fused-ring (bicyclic) bond motifs is 12. The van der Waals surface area contributed by atoms with Crippen LogP contribution in [-0.4, -0.2) is 116 Å². The number of piperidine rings is 2. The number of pyridine rings is 2. The van der Waals surface area contributed by atoms with Crippen molar-refractivity contribution in [1.82, 2.24) is 24.3 Å². The molecule has 4 aliphatic heterocycles. The van der Waals surface area contributed by atoms with E-state index >= 15 is 0 Å². The third-order valence-corrected chi connectivity index (χ3v) is 16.3. The van der Waals surface area contributed by atoms with Crippen LogP contribution in [0.1, 0.15) is 126 Å². The highest BCUT2D eigenvalue weighted by Crippen LogP contribution is 2.54. The highest BCUT2D eigenvalue weighted by molar-refractivity contribution is 6.00. The van der Waals surface area contributed by atoms with Crippen LogP contribution in [0.25, 0.3) is 0 Å². The fraction of sp³-hybridized carbons (Fsp3) is 0.371. The number of nitrogens with one attached hydrogen (secondary N) is 1. The van der Waals surface area contributed by atoms with E-state index in [1.807, 2.05) is 24.3 Å². The van der Waals surface area contributed by atoms with Crippen molar-refractivity contribution < 1.29 is 92.7 Å². The molecule has 0 spiro atoms. The summed E-state index contributed by atoms with van der Waals surface area (Å²) in [4.78, 5) is 116. The summed E-state index contributed by atoms with van der Waals surface area (Å²) in [5, 5.41) is 12.5. The van der Waals surface area contributed by atoms with Gasteiger partial charge in [0.05, 0.1) is 44.0 Å². The van der Waals surface area contributed by atoms with Gasteiger partial charge in [-0.05, 0) is 56.6 Å². The lowest BCUT2D eigenvalue weighted by Gasteiger charge is -2.43. The van der Waals surface area contributed by atoms with Crippen LogP contribution in [0.5, 0.6) is 17.2 Å². The van der Waals surface area contributed by atoms with Crippen LogP contribution in [0.4, 0.5) is 30.7 Å². The molecule has 0 unspecified atom stereocenters. The first-order chi connectivity index (χ1) is 42.9. The smallest absolute Gasteiger partial charge is 0.378 e. The van der Waals surface area contributed by atoms with E-state index in [0.717, 1.165) is 28.5 Å². The zero-order valence-electron chi connectivity index (χ0n) is 48.1. The van der Waals surface area contributed by atoms with E-state index < -0.39 is 146 Å². The number of hydrogen-bond donors (Lipinski definition) is 2. The van der Waals surface area contributed by atoms with Gasteiger partial charge >= 0.3 is 17.9 Å². The van der Waals surface area contributed by atoms with Crippen molar-refractivity contribution in [2.75, 3.05) is 19.8 Å². The van der Waals surface area contributed by atoms with E-state index in [-0.39, 0.29) is 106 Å². The molecule has 6 aromatic rings. The SMILES string of the molecule is CCOC(=O)c1cn2c(c(OCc3ccccc3)c1=O)C(=O)N1[C@@H](C2)[C@H]2C[C@@H]1C(F)(F)C2.CCOC(=O)c1occ(C(=O)OCC)c(=O)c1OCc1ccccc1.O=C(NCc1c(F)cc(F)cc1F)c1cn2c(c(O)c1=O)C(=O)N1[C@@H](C2)[C@H]2C[C@@H]1C(F)(F)C2. The predicted molar refractivity (Wildman–Crippen MR) is 298 cm³/mol. The van der Waals surface area contributed by atoms with Crippen LogP contribution in [0.2, 0.25) is 0 Å². The van der Waals surface area contributed by atoms with Gasteiger partial charge in [0, 0.05) is 62.6 Å². The van der Waals surface area contributed by atoms with Gasteiger partial charge in [-0.1, -0.05) is 60.7 Å². The number of nitrogens with zero attached hydrogens (tertiary/aromatic N) is 4. The van der Waals surface area contributed by atoms with E-state index in [0.29, 0.717) is 12.1 Å². The Morgan fingerprint density at radius 3 is 1.59 bits per heavy atom. The van der Waals surface area contributed by atoms with E-state index in [9.17, 15) is 79.0 Å². The zero-order chi connectivity index (χ0) is 64.7. The topological polar surface area (TPSA) is 262 Å². The van der Waals surface area contributed by atoms with Gasteiger partial charge in [-0.2, -0.15) is 0 Å². The van der Waals surface area contributed by atoms with Crippen LogP contribution in [0, 0.1) is 29.3 Å². The van der Waals surface area contributed by atoms with Crippen molar-refractivity contribution in [3.8, 4) is 17.2 Å². The maximum atomic E-state index is 14.4. The van der Waals surface area contributed by atoms with Gasteiger partial charge < -0.3 is 57.5 Å². The highest BCUT2D eigenvalue weighted by atomic mass is 19.3. The normalized spacial score (nSPS) is 20.6. The number of hydrogen-bond acceptors (Lipinski definition) is 16. The minimum atomic E-state index is -3.06. The standard InChI is InChI=1S/C23H22F2N2O5.C21H16F5N3O4.C18H18O7/c1-2-31-22(30)15-10-26-11-16-14-8-17(23(24,25)9-14)27(16)21(29)18(26)20(19(15)28)32-12-13-6-4-3-5-7-13;22-9-2-12(23)10(13(24)3-9)5-27-19(32)11-6-28-7-14-8-1-15(21(25,26)4-8)29(14)20(33)16(28)18(31)17(11)30;1-3-22-17(20)13-11-25-16(18(21)23-4-2)15(14(13)19)24-10-12-8-6-5-7-9-12/h3-7,10,14,16-17H,2,8-9,11-12H2,1H3;2-3,6,8,14-15,31H,1,4-5,7H2,(H,27,32);5-9,11H,3-4,10H2,1-2H3/t14-,16-,17+;8-,14-,15+;/m00./s1. The molecule has 2 N–H and O–H groups in total. The zero-order valence-corrected chi connectivity index (χ0v) is 48.1. The third-order valence-electron chi connectivity index (χ3n) is 16.3. The fourth-order valence-corrected chi connectivity index (χ4v) is 12.3. The molecule has 21 nitrogen and oxygen atoms in total.